The van der Waals surface area contributed by atoms with E-state index in [0.29, 0.717) is 29.5 Å². The highest BCUT2D eigenvalue weighted by atomic mass is 35.5. The summed E-state index contributed by atoms with van der Waals surface area (Å²) in [5, 5.41) is 0.629. The van der Waals surface area contributed by atoms with Crippen LogP contribution in [0.1, 0.15) is 23.2 Å². The third kappa shape index (κ3) is 5.38. The maximum Gasteiger partial charge on any atom is 0.260 e. The lowest BCUT2D eigenvalue weighted by molar-refractivity contribution is -0.121. The van der Waals surface area contributed by atoms with Crippen molar-refractivity contribution in [2.75, 3.05) is 43.2 Å². The number of nitrogens with zero attached hydrogens (tertiary/aromatic N) is 4. The standard InChI is InChI=1S/C23H24N4O3S2.ClH/c1-25(2)11-12-26(23-24-18-8-7-17(31-3)14-19(18)32-23)22(30)15-5-4-6-16(13-15)27-20(28)9-10-21(27)29;/h4-8,13-14H,9-12H2,1-3H3;1H. The van der Waals surface area contributed by atoms with Crippen LogP contribution in [0.2, 0.25) is 0 Å². The maximum atomic E-state index is 13.6. The molecule has 174 valence electrons. The maximum absolute atomic E-state index is 13.6. The van der Waals surface area contributed by atoms with Gasteiger partial charge in [-0.3, -0.25) is 24.2 Å². The van der Waals surface area contributed by atoms with Crippen molar-refractivity contribution in [3.63, 3.8) is 0 Å². The quantitative estimate of drug-likeness (QED) is 0.353. The molecule has 0 atom stereocenters. The molecule has 0 radical (unpaired) electrons. The summed E-state index contributed by atoms with van der Waals surface area (Å²) in [7, 11) is 3.91. The minimum atomic E-state index is -0.236. The van der Waals surface area contributed by atoms with Gasteiger partial charge in [-0.25, -0.2) is 4.98 Å². The first-order valence-electron chi connectivity index (χ1n) is 10.2. The summed E-state index contributed by atoms with van der Waals surface area (Å²) in [6.07, 6.45) is 2.43. The van der Waals surface area contributed by atoms with Gasteiger partial charge in [0.15, 0.2) is 5.13 Å². The van der Waals surface area contributed by atoms with Gasteiger partial charge in [-0.1, -0.05) is 17.4 Å². The fourth-order valence-corrected chi connectivity index (χ4v) is 5.06. The van der Waals surface area contributed by atoms with Crippen LogP contribution in [0.15, 0.2) is 47.4 Å². The zero-order valence-corrected chi connectivity index (χ0v) is 21.1. The number of rotatable bonds is 7. The summed E-state index contributed by atoms with van der Waals surface area (Å²) >= 11 is 3.15. The van der Waals surface area contributed by atoms with Gasteiger partial charge in [0.2, 0.25) is 11.8 Å². The van der Waals surface area contributed by atoms with Crippen LogP contribution in [-0.4, -0.2) is 61.0 Å². The average molecular weight is 505 g/mol. The lowest BCUT2D eigenvalue weighted by atomic mass is 10.1. The van der Waals surface area contributed by atoms with E-state index in [4.69, 9.17) is 4.98 Å². The molecular weight excluding hydrogens is 480 g/mol. The highest BCUT2D eigenvalue weighted by molar-refractivity contribution is 7.98. The van der Waals surface area contributed by atoms with Gasteiger partial charge in [0.25, 0.3) is 5.91 Å². The van der Waals surface area contributed by atoms with Crippen molar-refractivity contribution in [2.24, 2.45) is 0 Å². The number of benzene rings is 2. The van der Waals surface area contributed by atoms with Gasteiger partial charge < -0.3 is 4.90 Å². The first-order chi connectivity index (χ1) is 15.4. The molecule has 2 heterocycles. The van der Waals surface area contributed by atoms with E-state index in [1.54, 1.807) is 40.9 Å². The Morgan fingerprint density at radius 3 is 2.48 bits per heavy atom. The number of thioether (sulfide) groups is 1. The second-order valence-electron chi connectivity index (χ2n) is 7.76. The van der Waals surface area contributed by atoms with Gasteiger partial charge in [-0.05, 0) is 56.7 Å². The first kappa shape index (κ1) is 25.2. The van der Waals surface area contributed by atoms with E-state index in [1.165, 1.54) is 16.2 Å². The van der Waals surface area contributed by atoms with E-state index in [0.717, 1.165) is 15.1 Å². The average Bonchev–Trinajstić information content (AvgIpc) is 3.35. The summed E-state index contributed by atoms with van der Waals surface area (Å²) in [6.45, 7) is 1.13. The molecule has 1 saturated heterocycles. The smallest absolute Gasteiger partial charge is 0.260 e. The van der Waals surface area contributed by atoms with Crippen LogP contribution >= 0.6 is 35.5 Å². The Hall–Kier alpha value is -2.46. The second-order valence-corrected chi connectivity index (χ2v) is 9.65. The molecule has 7 nitrogen and oxygen atoms in total. The number of hydrogen-bond donors (Lipinski definition) is 0. The highest BCUT2D eigenvalue weighted by Gasteiger charge is 2.31. The third-order valence-electron chi connectivity index (χ3n) is 5.23. The van der Waals surface area contributed by atoms with E-state index in [-0.39, 0.29) is 43.0 Å². The van der Waals surface area contributed by atoms with Crippen LogP contribution in [-0.2, 0) is 9.59 Å². The first-order valence-corrected chi connectivity index (χ1v) is 12.3. The Labute approximate surface area is 207 Å². The number of halogens is 1. The van der Waals surface area contributed by atoms with Gasteiger partial charge in [-0.2, -0.15) is 0 Å². The summed E-state index contributed by atoms with van der Waals surface area (Å²) in [4.78, 5) is 48.6. The topological polar surface area (TPSA) is 73.8 Å². The zero-order valence-electron chi connectivity index (χ0n) is 18.6. The minimum absolute atomic E-state index is 0. The van der Waals surface area contributed by atoms with Gasteiger partial charge in [0.1, 0.15) is 0 Å². The molecule has 10 heteroatoms. The molecule has 0 N–H and O–H groups in total. The number of imide groups is 1. The van der Waals surface area contributed by atoms with Crippen LogP contribution < -0.4 is 9.80 Å². The fourth-order valence-electron chi connectivity index (χ4n) is 3.52. The van der Waals surface area contributed by atoms with Gasteiger partial charge in [-0.15, -0.1) is 24.2 Å². The Morgan fingerprint density at radius 1 is 1.09 bits per heavy atom. The van der Waals surface area contributed by atoms with Crippen LogP contribution in [0.5, 0.6) is 0 Å². The largest absolute Gasteiger partial charge is 0.308 e. The molecule has 33 heavy (non-hydrogen) atoms. The fraction of sp³-hybridized carbons (Fsp3) is 0.304. The molecule has 4 rings (SSSR count). The van der Waals surface area contributed by atoms with Crippen LogP contribution in [0.3, 0.4) is 0 Å². The van der Waals surface area contributed by atoms with E-state index >= 15 is 0 Å². The summed E-state index contributed by atoms with van der Waals surface area (Å²) < 4.78 is 1.02. The van der Waals surface area contributed by atoms with E-state index in [9.17, 15) is 14.4 Å². The molecule has 1 aliphatic rings. The molecule has 0 aliphatic carbocycles. The van der Waals surface area contributed by atoms with E-state index in [2.05, 4.69) is 6.07 Å². The summed E-state index contributed by atoms with van der Waals surface area (Å²) in [5.74, 6) is -0.684. The number of carbonyl (C=O) groups is 3. The zero-order chi connectivity index (χ0) is 22.8. The van der Waals surface area contributed by atoms with Crippen molar-refractivity contribution < 1.29 is 14.4 Å². The molecular formula is C23H25ClN4O3S2. The number of thiazole rings is 1. The molecule has 1 aromatic heterocycles. The lowest BCUT2D eigenvalue weighted by Crippen LogP contribution is -2.37. The SMILES string of the molecule is CSc1ccc2nc(N(CCN(C)C)C(=O)c3cccc(N4C(=O)CCC4=O)c3)sc2c1.Cl. The van der Waals surface area contributed by atoms with Crippen LogP contribution in [0.4, 0.5) is 10.8 Å². The lowest BCUT2D eigenvalue weighted by Gasteiger charge is -2.22. The van der Waals surface area contributed by atoms with Crippen LogP contribution in [0, 0.1) is 0 Å². The predicted molar refractivity (Wildman–Crippen MR) is 137 cm³/mol. The number of anilines is 2. The highest BCUT2D eigenvalue weighted by Crippen LogP contribution is 2.33. The Bertz CT molecular complexity index is 1180. The van der Waals surface area contributed by atoms with E-state index < -0.39 is 0 Å². The van der Waals surface area contributed by atoms with Crippen molar-refractivity contribution in [1.82, 2.24) is 9.88 Å². The minimum Gasteiger partial charge on any atom is -0.308 e. The number of carbonyl (C=O) groups excluding carboxylic acids is 3. The molecule has 3 aromatic rings. The Kier molecular flexibility index (Phi) is 8.12. The Morgan fingerprint density at radius 2 is 1.82 bits per heavy atom. The monoisotopic (exact) mass is 504 g/mol. The van der Waals surface area contributed by atoms with Crippen molar-refractivity contribution in [3.05, 3.63) is 48.0 Å². The van der Waals surface area contributed by atoms with Crippen molar-refractivity contribution in [2.45, 2.75) is 17.7 Å². The van der Waals surface area contributed by atoms with Gasteiger partial charge >= 0.3 is 0 Å². The number of fused-ring (bicyclic) bond motifs is 1. The van der Waals surface area contributed by atoms with Crippen LogP contribution in [0.25, 0.3) is 10.2 Å². The predicted octanol–water partition coefficient (Wildman–Crippen LogP) is 4.30. The summed E-state index contributed by atoms with van der Waals surface area (Å²) in [6, 6.07) is 12.8. The number of amides is 3. The normalized spacial score (nSPS) is 13.6. The molecule has 2 aromatic carbocycles. The molecule has 3 amide bonds. The molecule has 0 saturated carbocycles. The van der Waals surface area contributed by atoms with E-state index in [1.807, 2.05) is 37.4 Å². The van der Waals surface area contributed by atoms with Crippen molar-refractivity contribution in [1.29, 1.82) is 0 Å². The molecule has 0 bridgehead atoms. The molecule has 0 spiro atoms. The van der Waals surface area contributed by atoms with Crippen molar-refractivity contribution in [3.8, 4) is 0 Å². The number of hydrogen-bond acceptors (Lipinski definition) is 7. The third-order valence-corrected chi connectivity index (χ3v) is 7.00. The molecule has 1 aliphatic heterocycles. The number of aromatic nitrogens is 1. The van der Waals surface area contributed by atoms with Crippen molar-refractivity contribution >= 4 is 74.3 Å². The Balaban J connectivity index is 0.00000306. The summed E-state index contributed by atoms with van der Waals surface area (Å²) in [5.41, 5.74) is 1.70. The van der Waals surface area contributed by atoms with Gasteiger partial charge in [0, 0.05) is 36.4 Å². The van der Waals surface area contributed by atoms with Gasteiger partial charge in [0.05, 0.1) is 15.9 Å². The number of likely N-dealkylation sites (N-methyl/N-ethyl adjacent to an activating group) is 1. The second kappa shape index (κ2) is 10.6. The molecule has 0 unspecified atom stereocenters. The molecule has 1 fully saturated rings.